The summed E-state index contributed by atoms with van der Waals surface area (Å²) in [5.41, 5.74) is 1.48. The highest BCUT2D eigenvalue weighted by atomic mass is 35.5. The van der Waals surface area contributed by atoms with Gasteiger partial charge in [0.2, 0.25) is 15.9 Å². The Balaban J connectivity index is 1.42. The molecule has 0 radical (unpaired) electrons. The zero-order valence-corrected chi connectivity index (χ0v) is 18.2. The van der Waals surface area contributed by atoms with Gasteiger partial charge in [0.15, 0.2) is 0 Å². The Hall–Kier alpha value is -2.19. The third-order valence-corrected chi connectivity index (χ3v) is 7.81. The molecule has 30 heavy (non-hydrogen) atoms. The quantitative estimate of drug-likeness (QED) is 0.613. The first kappa shape index (κ1) is 21.1. The van der Waals surface area contributed by atoms with E-state index < -0.39 is 10.0 Å². The van der Waals surface area contributed by atoms with Crippen LogP contribution in [0.1, 0.15) is 12.8 Å². The van der Waals surface area contributed by atoms with Crippen molar-refractivity contribution >= 4 is 55.7 Å². The Morgan fingerprint density at radius 3 is 2.57 bits per heavy atom. The van der Waals surface area contributed by atoms with Gasteiger partial charge < -0.3 is 5.32 Å². The molecule has 0 atom stereocenters. The Morgan fingerprint density at radius 1 is 1.07 bits per heavy atom. The highest BCUT2D eigenvalue weighted by Gasteiger charge is 2.33. The first-order chi connectivity index (χ1) is 14.3. The lowest BCUT2D eigenvalue weighted by Gasteiger charge is -2.30. The van der Waals surface area contributed by atoms with Crippen LogP contribution in [0.5, 0.6) is 0 Å². The van der Waals surface area contributed by atoms with Crippen molar-refractivity contribution < 1.29 is 13.2 Å². The molecule has 4 rings (SSSR count). The SMILES string of the molecule is O=C(Nc1cnc2ccccc2c1)C1CCN(S(=O)(=O)c2cc(Cl)ccc2Cl)CC1. The highest BCUT2D eigenvalue weighted by molar-refractivity contribution is 7.89. The van der Waals surface area contributed by atoms with Crippen LogP contribution < -0.4 is 5.32 Å². The Bertz CT molecular complexity index is 1210. The average molecular weight is 464 g/mol. The number of piperidine rings is 1. The van der Waals surface area contributed by atoms with Gasteiger partial charge in [-0.05, 0) is 43.2 Å². The zero-order chi connectivity index (χ0) is 21.3. The predicted octanol–water partition coefficient (Wildman–Crippen LogP) is 4.58. The molecule has 1 amide bonds. The van der Waals surface area contributed by atoms with Gasteiger partial charge in [0.25, 0.3) is 0 Å². The van der Waals surface area contributed by atoms with Gasteiger partial charge in [-0.3, -0.25) is 9.78 Å². The summed E-state index contributed by atoms with van der Waals surface area (Å²) >= 11 is 12.0. The van der Waals surface area contributed by atoms with E-state index in [2.05, 4.69) is 10.3 Å². The van der Waals surface area contributed by atoms with Crippen molar-refractivity contribution in [3.8, 4) is 0 Å². The number of hydrogen-bond acceptors (Lipinski definition) is 4. The van der Waals surface area contributed by atoms with Crippen molar-refractivity contribution in [2.75, 3.05) is 18.4 Å². The topological polar surface area (TPSA) is 79.4 Å². The fourth-order valence-corrected chi connectivity index (χ4v) is 5.76. The number of anilines is 1. The maximum atomic E-state index is 12.9. The molecule has 9 heteroatoms. The van der Waals surface area contributed by atoms with Crippen LogP contribution in [0.2, 0.25) is 10.0 Å². The summed E-state index contributed by atoms with van der Waals surface area (Å²) in [7, 11) is -3.77. The molecule has 1 aliphatic rings. The number of benzene rings is 2. The van der Waals surface area contributed by atoms with Crippen molar-refractivity contribution in [1.29, 1.82) is 0 Å². The number of carbonyl (C=O) groups excluding carboxylic acids is 1. The molecule has 1 aliphatic heterocycles. The van der Waals surface area contributed by atoms with Crippen LogP contribution >= 0.6 is 23.2 Å². The summed E-state index contributed by atoms with van der Waals surface area (Å²) in [4.78, 5) is 17.0. The average Bonchev–Trinajstić information content (AvgIpc) is 2.75. The normalized spacial score (nSPS) is 15.9. The standard InChI is InChI=1S/C21H19Cl2N3O3S/c22-16-5-6-18(23)20(12-16)30(28,29)26-9-7-14(8-10-26)21(27)25-17-11-15-3-1-2-4-19(15)24-13-17/h1-6,11-14H,7-10H2,(H,25,27). The molecule has 2 aromatic carbocycles. The molecule has 6 nitrogen and oxygen atoms in total. The van der Waals surface area contributed by atoms with Gasteiger partial charge in [-0.15, -0.1) is 0 Å². The number of halogens is 2. The largest absolute Gasteiger partial charge is 0.324 e. The van der Waals surface area contributed by atoms with Gasteiger partial charge in [0.1, 0.15) is 4.90 Å². The molecular weight excluding hydrogens is 445 g/mol. The van der Waals surface area contributed by atoms with E-state index in [0.29, 0.717) is 23.6 Å². The summed E-state index contributed by atoms with van der Waals surface area (Å²) < 4.78 is 27.2. The summed E-state index contributed by atoms with van der Waals surface area (Å²) in [6, 6.07) is 13.9. The van der Waals surface area contributed by atoms with E-state index in [4.69, 9.17) is 23.2 Å². The number of fused-ring (bicyclic) bond motifs is 1. The maximum absolute atomic E-state index is 12.9. The molecule has 0 aliphatic carbocycles. The number of pyridine rings is 1. The van der Waals surface area contributed by atoms with Crippen molar-refractivity contribution in [1.82, 2.24) is 9.29 Å². The van der Waals surface area contributed by atoms with Crippen LogP contribution in [-0.4, -0.2) is 36.7 Å². The second kappa shape index (κ2) is 8.51. The lowest BCUT2D eigenvalue weighted by molar-refractivity contribution is -0.120. The highest BCUT2D eigenvalue weighted by Crippen LogP contribution is 2.30. The second-order valence-corrected chi connectivity index (χ2v) is 9.91. The number of para-hydroxylation sites is 1. The lowest BCUT2D eigenvalue weighted by Crippen LogP contribution is -2.41. The molecule has 1 N–H and O–H groups in total. The minimum atomic E-state index is -3.77. The molecule has 3 aromatic rings. The third-order valence-electron chi connectivity index (χ3n) is 5.19. The summed E-state index contributed by atoms with van der Waals surface area (Å²) in [5, 5.41) is 4.27. The van der Waals surface area contributed by atoms with Crippen molar-refractivity contribution in [2.45, 2.75) is 17.7 Å². The van der Waals surface area contributed by atoms with E-state index in [-0.39, 0.29) is 34.8 Å². The summed E-state index contributed by atoms with van der Waals surface area (Å²) in [6.07, 6.45) is 2.47. The zero-order valence-electron chi connectivity index (χ0n) is 15.9. The molecule has 0 unspecified atom stereocenters. The number of hydrogen-bond donors (Lipinski definition) is 1. The molecule has 0 bridgehead atoms. The summed E-state index contributed by atoms with van der Waals surface area (Å²) in [5.74, 6) is -0.414. The van der Waals surface area contributed by atoms with E-state index in [0.717, 1.165) is 10.9 Å². The van der Waals surface area contributed by atoms with Gasteiger partial charge >= 0.3 is 0 Å². The minimum Gasteiger partial charge on any atom is -0.324 e. The molecule has 1 saturated heterocycles. The molecular formula is C21H19Cl2N3O3S. The van der Waals surface area contributed by atoms with Crippen LogP contribution in [0.15, 0.2) is 59.6 Å². The van der Waals surface area contributed by atoms with Crippen molar-refractivity contribution in [3.63, 3.8) is 0 Å². The number of sulfonamides is 1. The second-order valence-electron chi connectivity index (χ2n) is 7.16. The van der Waals surface area contributed by atoms with Gasteiger partial charge in [0.05, 0.1) is 22.4 Å². The van der Waals surface area contributed by atoms with Crippen LogP contribution in [0.4, 0.5) is 5.69 Å². The Kier molecular flexibility index (Phi) is 5.97. The molecule has 0 saturated carbocycles. The number of aromatic nitrogens is 1. The fourth-order valence-electron chi connectivity index (χ4n) is 3.56. The Morgan fingerprint density at radius 2 is 1.80 bits per heavy atom. The molecule has 0 spiro atoms. The van der Waals surface area contributed by atoms with Gasteiger partial charge in [-0.25, -0.2) is 8.42 Å². The third kappa shape index (κ3) is 4.30. The number of nitrogens with zero attached hydrogens (tertiary/aromatic N) is 2. The molecule has 156 valence electrons. The number of carbonyl (C=O) groups is 1. The first-order valence-corrected chi connectivity index (χ1v) is 11.6. The van der Waals surface area contributed by atoms with Crippen molar-refractivity contribution in [2.24, 2.45) is 5.92 Å². The minimum absolute atomic E-state index is 0.0122. The fraction of sp³-hybridized carbons (Fsp3) is 0.238. The van der Waals surface area contributed by atoms with Gasteiger partial charge in [0, 0.05) is 29.4 Å². The predicted molar refractivity (Wildman–Crippen MR) is 118 cm³/mol. The number of nitrogens with one attached hydrogen (secondary N) is 1. The van der Waals surface area contributed by atoms with Crippen LogP contribution in [0.25, 0.3) is 10.9 Å². The smallest absolute Gasteiger partial charge is 0.244 e. The van der Waals surface area contributed by atoms with Gasteiger partial charge in [-0.1, -0.05) is 41.4 Å². The van der Waals surface area contributed by atoms with Crippen LogP contribution in [-0.2, 0) is 14.8 Å². The Labute approximate surface area is 184 Å². The summed E-state index contributed by atoms with van der Waals surface area (Å²) in [6.45, 7) is 0.471. The molecule has 2 heterocycles. The first-order valence-electron chi connectivity index (χ1n) is 9.45. The van der Waals surface area contributed by atoms with E-state index in [1.807, 2.05) is 30.3 Å². The maximum Gasteiger partial charge on any atom is 0.244 e. The van der Waals surface area contributed by atoms with E-state index in [1.54, 1.807) is 12.3 Å². The number of rotatable bonds is 4. The van der Waals surface area contributed by atoms with Crippen molar-refractivity contribution in [3.05, 3.63) is 64.8 Å². The molecule has 1 aromatic heterocycles. The van der Waals surface area contributed by atoms with Gasteiger partial charge in [-0.2, -0.15) is 4.31 Å². The number of amides is 1. The van der Waals surface area contributed by atoms with Crippen LogP contribution in [0, 0.1) is 5.92 Å². The monoisotopic (exact) mass is 463 g/mol. The lowest BCUT2D eigenvalue weighted by atomic mass is 9.97. The van der Waals surface area contributed by atoms with Crippen LogP contribution in [0.3, 0.4) is 0 Å². The van der Waals surface area contributed by atoms with E-state index in [9.17, 15) is 13.2 Å². The van der Waals surface area contributed by atoms with E-state index >= 15 is 0 Å². The van der Waals surface area contributed by atoms with E-state index in [1.165, 1.54) is 16.4 Å². The molecule has 1 fully saturated rings.